The first-order chi connectivity index (χ1) is 10.5. The number of anilines is 1. The number of carbonyl (C=O) groups is 1. The van der Waals surface area contributed by atoms with E-state index in [9.17, 15) is 9.90 Å². The van der Waals surface area contributed by atoms with Crippen LogP contribution in [0.1, 0.15) is 36.8 Å². The van der Waals surface area contributed by atoms with Crippen LogP contribution in [0.4, 0.5) is 5.82 Å². The molecule has 0 bridgehead atoms. The summed E-state index contributed by atoms with van der Waals surface area (Å²) in [4.78, 5) is 19.8. The van der Waals surface area contributed by atoms with E-state index in [1.165, 1.54) is 11.6 Å². The summed E-state index contributed by atoms with van der Waals surface area (Å²) in [6, 6.07) is 9.33. The molecule has 1 aromatic heterocycles. The maximum atomic E-state index is 11.3. The highest BCUT2D eigenvalue weighted by atomic mass is 16.4. The van der Waals surface area contributed by atoms with Crippen molar-refractivity contribution in [2.45, 2.75) is 27.2 Å². The van der Waals surface area contributed by atoms with Crippen LogP contribution < -0.4 is 5.32 Å². The molecule has 5 nitrogen and oxygen atoms in total. The summed E-state index contributed by atoms with van der Waals surface area (Å²) < 4.78 is 0. The second-order valence-electron chi connectivity index (χ2n) is 5.59. The molecule has 0 amide bonds. The minimum atomic E-state index is -1.05. The average Bonchev–Trinajstić information content (AvgIpc) is 2.52. The zero-order valence-electron chi connectivity index (χ0n) is 13.1. The minimum Gasteiger partial charge on any atom is -0.477 e. The Morgan fingerprint density at radius 3 is 2.45 bits per heavy atom. The molecule has 2 rings (SSSR count). The number of aryl methyl sites for hydroxylation is 1. The second kappa shape index (κ2) is 7.02. The van der Waals surface area contributed by atoms with Gasteiger partial charge in [0.05, 0.1) is 0 Å². The van der Waals surface area contributed by atoms with Crippen molar-refractivity contribution in [3.8, 4) is 11.4 Å². The highest BCUT2D eigenvalue weighted by Gasteiger charge is 2.12. The Bertz CT molecular complexity index is 651. The number of aromatic nitrogens is 2. The zero-order chi connectivity index (χ0) is 16.1. The maximum Gasteiger partial charge on any atom is 0.354 e. The van der Waals surface area contributed by atoms with Gasteiger partial charge in [0.2, 0.25) is 0 Å². The average molecular weight is 299 g/mol. The third-order valence-corrected chi connectivity index (χ3v) is 3.26. The third-order valence-electron chi connectivity index (χ3n) is 3.26. The van der Waals surface area contributed by atoms with Crippen LogP contribution >= 0.6 is 0 Å². The van der Waals surface area contributed by atoms with Crippen LogP contribution in [0.25, 0.3) is 11.4 Å². The lowest BCUT2D eigenvalue weighted by molar-refractivity contribution is 0.0690. The van der Waals surface area contributed by atoms with Gasteiger partial charge in [-0.05, 0) is 17.9 Å². The first-order valence-electron chi connectivity index (χ1n) is 7.45. The second-order valence-corrected chi connectivity index (χ2v) is 5.59. The molecule has 0 spiro atoms. The van der Waals surface area contributed by atoms with Crippen LogP contribution in [-0.4, -0.2) is 27.6 Å². The van der Waals surface area contributed by atoms with Gasteiger partial charge in [-0.2, -0.15) is 0 Å². The molecule has 1 aromatic carbocycles. The number of carboxylic acid groups (broad SMARTS) is 1. The molecule has 0 aliphatic heterocycles. The number of nitrogens with zero attached hydrogens (tertiary/aromatic N) is 2. The summed E-state index contributed by atoms with van der Waals surface area (Å²) in [5.74, 6) is 0.349. The highest BCUT2D eigenvalue weighted by Crippen LogP contribution is 2.19. The molecule has 0 atom stereocenters. The van der Waals surface area contributed by atoms with Crippen molar-refractivity contribution in [3.05, 3.63) is 41.6 Å². The number of hydrogen-bond acceptors (Lipinski definition) is 4. The standard InChI is InChI=1S/C17H21N3O2/c1-4-12-5-7-13(8-6-12)16-19-14(17(21)22)9-15(20-16)18-10-11(2)3/h5-9,11H,4,10H2,1-3H3,(H,21,22)(H,18,19,20). The van der Waals surface area contributed by atoms with E-state index in [1.807, 2.05) is 24.3 Å². The molecule has 0 aliphatic rings. The van der Waals surface area contributed by atoms with Crippen molar-refractivity contribution in [2.24, 2.45) is 5.92 Å². The predicted octanol–water partition coefficient (Wildman–Crippen LogP) is 3.47. The van der Waals surface area contributed by atoms with Gasteiger partial charge in [0.15, 0.2) is 11.5 Å². The van der Waals surface area contributed by atoms with Gasteiger partial charge in [-0.15, -0.1) is 0 Å². The highest BCUT2D eigenvalue weighted by molar-refractivity contribution is 5.87. The number of aromatic carboxylic acids is 1. The SMILES string of the molecule is CCc1ccc(-c2nc(NCC(C)C)cc(C(=O)O)n2)cc1. The van der Waals surface area contributed by atoms with Crippen molar-refractivity contribution in [3.63, 3.8) is 0 Å². The van der Waals surface area contributed by atoms with Gasteiger partial charge >= 0.3 is 5.97 Å². The molecule has 0 aliphatic carbocycles. The smallest absolute Gasteiger partial charge is 0.354 e. The van der Waals surface area contributed by atoms with E-state index in [0.29, 0.717) is 17.6 Å². The van der Waals surface area contributed by atoms with Gasteiger partial charge < -0.3 is 10.4 Å². The van der Waals surface area contributed by atoms with E-state index >= 15 is 0 Å². The van der Waals surface area contributed by atoms with E-state index in [-0.39, 0.29) is 5.69 Å². The third kappa shape index (κ3) is 4.04. The molecule has 0 radical (unpaired) electrons. The van der Waals surface area contributed by atoms with E-state index in [1.54, 1.807) is 0 Å². The van der Waals surface area contributed by atoms with Crippen LogP contribution in [0.3, 0.4) is 0 Å². The Kier molecular flexibility index (Phi) is 5.09. The first-order valence-corrected chi connectivity index (χ1v) is 7.45. The Morgan fingerprint density at radius 2 is 1.91 bits per heavy atom. The quantitative estimate of drug-likeness (QED) is 0.854. The molecular formula is C17H21N3O2. The number of rotatable bonds is 6. The van der Waals surface area contributed by atoms with Crippen molar-refractivity contribution in [1.82, 2.24) is 9.97 Å². The Balaban J connectivity index is 2.37. The lowest BCUT2D eigenvalue weighted by atomic mass is 10.1. The van der Waals surface area contributed by atoms with Crippen molar-refractivity contribution in [2.75, 3.05) is 11.9 Å². The van der Waals surface area contributed by atoms with Crippen molar-refractivity contribution < 1.29 is 9.90 Å². The number of hydrogen-bond donors (Lipinski definition) is 2. The molecule has 0 saturated carbocycles. The monoisotopic (exact) mass is 299 g/mol. The molecule has 0 fully saturated rings. The van der Waals surface area contributed by atoms with Gasteiger partial charge in [-0.3, -0.25) is 0 Å². The summed E-state index contributed by atoms with van der Waals surface area (Å²) in [5.41, 5.74) is 2.03. The van der Waals surface area contributed by atoms with Gasteiger partial charge in [0, 0.05) is 18.2 Å². The van der Waals surface area contributed by atoms with E-state index in [4.69, 9.17) is 0 Å². The normalized spacial score (nSPS) is 10.7. The summed E-state index contributed by atoms with van der Waals surface area (Å²) in [6.45, 7) is 6.97. The summed E-state index contributed by atoms with van der Waals surface area (Å²) in [5, 5.41) is 12.4. The van der Waals surface area contributed by atoms with Crippen LogP contribution in [0.2, 0.25) is 0 Å². The molecule has 5 heteroatoms. The van der Waals surface area contributed by atoms with Crippen molar-refractivity contribution in [1.29, 1.82) is 0 Å². The summed E-state index contributed by atoms with van der Waals surface area (Å²) in [6.07, 6.45) is 0.956. The Morgan fingerprint density at radius 1 is 1.23 bits per heavy atom. The molecule has 2 aromatic rings. The predicted molar refractivity (Wildman–Crippen MR) is 87.1 cm³/mol. The lowest BCUT2D eigenvalue weighted by Gasteiger charge is -2.10. The fourth-order valence-corrected chi connectivity index (χ4v) is 1.97. The van der Waals surface area contributed by atoms with E-state index in [0.717, 1.165) is 18.5 Å². The molecular weight excluding hydrogens is 278 g/mol. The van der Waals surface area contributed by atoms with Crippen LogP contribution in [0.15, 0.2) is 30.3 Å². The first kappa shape index (κ1) is 15.9. The van der Waals surface area contributed by atoms with Gasteiger partial charge in [-0.25, -0.2) is 14.8 Å². The molecule has 1 heterocycles. The Hall–Kier alpha value is -2.43. The molecule has 2 N–H and O–H groups in total. The van der Waals surface area contributed by atoms with Gasteiger partial charge in [0.25, 0.3) is 0 Å². The van der Waals surface area contributed by atoms with Gasteiger partial charge in [0.1, 0.15) is 5.82 Å². The topological polar surface area (TPSA) is 75.1 Å². The largest absolute Gasteiger partial charge is 0.477 e. The Labute approximate surface area is 130 Å². The zero-order valence-corrected chi connectivity index (χ0v) is 13.1. The fourth-order valence-electron chi connectivity index (χ4n) is 1.97. The number of carboxylic acids is 1. The molecule has 116 valence electrons. The lowest BCUT2D eigenvalue weighted by Crippen LogP contribution is -2.12. The minimum absolute atomic E-state index is 0.00387. The van der Waals surface area contributed by atoms with Gasteiger partial charge in [-0.1, -0.05) is 45.0 Å². The molecule has 22 heavy (non-hydrogen) atoms. The van der Waals surface area contributed by atoms with E-state index in [2.05, 4.69) is 36.1 Å². The fraction of sp³-hybridized carbons (Fsp3) is 0.353. The maximum absolute atomic E-state index is 11.3. The van der Waals surface area contributed by atoms with Crippen molar-refractivity contribution >= 4 is 11.8 Å². The van der Waals surface area contributed by atoms with E-state index < -0.39 is 5.97 Å². The molecule has 0 unspecified atom stereocenters. The summed E-state index contributed by atoms with van der Waals surface area (Å²) >= 11 is 0. The summed E-state index contributed by atoms with van der Waals surface area (Å²) in [7, 11) is 0. The number of benzene rings is 1. The van der Waals surface area contributed by atoms with Crippen LogP contribution in [0, 0.1) is 5.92 Å². The molecule has 0 saturated heterocycles. The number of nitrogens with one attached hydrogen (secondary N) is 1. The van der Waals surface area contributed by atoms with Crippen LogP contribution in [0.5, 0.6) is 0 Å². The van der Waals surface area contributed by atoms with Crippen LogP contribution in [-0.2, 0) is 6.42 Å².